The van der Waals surface area contributed by atoms with Crippen molar-refractivity contribution < 1.29 is 9.94 Å². The molecule has 0 atom stereocenters. The third kappa shape index (κ3) is 2.47. The van der Waals surface area contributed by atoms with Gasteiger partial charge in [0.2, 0.25) is 0 Å². The quantitative estimate of drug-likeness (QED) is 0.570. The fourth-order valence-corrected chi connectivity index (χ4v) is 1.09. The van der Waals surface area contributed by atoms with Crippen molar-refractivity contribution in [2.75, 3.05) is 7.11 Å². The van der Waals surface area contributed by atoms with Crippen LogP contribution >= 0.6 is 0 Å². The van der Waals surface area contributed by atoms with E-state index in [0.717, 1.165) is 17.7 Å². The first-order valence-electron chi connectivity index (χ1n) is 4.17. The number of aromatic hydroxyl groups is 1. The standard InChI is InChI=1S/C10H13NO2/c1-3-10(11-13-2)8-4-6-9(12)7-5-8/h4-7,12H,3H2,1-2H3/b11-10+. The second-order valence-electron chi connectivity index (χ2n) is 2.62. The zero-order valence-electron chi connectivity index (χ0n) is 7.82. The van der Waals surface area contributed by atoms with E-state index in [2.05, 4.69) is 5.16 Å². The highest BCUT2D eigenvalue weighted by Crippen LogP contribution is 2.11. The summed E-state index contributed by atoms with van der Waals surface area (Å²) in [6.45, 7) is 2.00. The van der Waals surface area contributed by atoms with E-state index in [4.69, 9.17) is 9.94 Å². The first kappa shape index (κ1) is 9.58. The number of hydrogen-bond donors (Lipinski definition) is 1. The van der Waals surface area contributed by atoms with Crippen LogP contribution in [0.4, 0.5) is 0 Å². The molecule has 70 valence electrons. The SMILES string of the molecule is CC/C(=N\OC)c1ccc(O)cc1. The molecule has 1 aromatic rings. The van der Waals surface area contributed by atoms with Gasteiger partial charge < -0.3 is 9.94 Å². The monoisotopic (exact) mass is 179 g/mol. The summed E-state index contributed by atoms with van der Waals surface area (Å²) in [7, 11) is 1.52. The van der Waals surface area contributed by atoms with Crippen molar-refractivity contribution in [3.05, 3.63) is 29.8 Å². The van der Waals surface area contributed by atoms with Crippen molar-refractivity contribution in [2.24, 2.45) is 5.16 Å². The van der Waals surface area contributed by atoms with Gasteiger partial charge in [-0.2, -0.15) is 0 Å². The zero-order chi connectivity index (χ0) is 9.68. The molecule has 0 saturated carbocycles. The molecular formula is C10H13NO2. The molecule has 0 aromatic heterocycles. The van der Waals surface area contributed by atoms with Crippen LogP contribution in [-0.2, 0) is 4.84 Å². The molecule has 1 rings (SSSR count). The Balaban J connectivity index is 2.92. The molecule has 3 nitrogen and oxygen atoms in total. The van der Waals surface area contributed by atoms with Crippen molar-refractivity contribution in [1.82, 2.24) is 0 Å². The van der Waals surface area contributed by atoms with E-state index in [1.165, 1.54) is 7.11 Å². The minimum Gasteiger partial charge on any atom is -0.508 e. The van der Waals surface area contributed by atoms with E-state index in [-0.39, 0.29) is 5.75 Å². The van der Waals surface area contributed by atoms with Crippen LogP contribution in [0.5, 0.6) is 5.75 Å². The predicted octanol–water partition coefficient (Wildman–Crippen LogP) is 2.15. The van der Waals surface area contributed by atoms with E-state index in [0.29, 0.717) is 0 Å². The Kier molecular flexibility index (Phi) is 3.31. The number of hydrogen-bond acceptors (Lipinski definition) is 3. The molecule has 0 radical (unpaired) electrons. The maximum atomic E-state index is 9.07. The lowest BCUT2D eigenvalue weighted by Gasteiger charge is -2.02. The molecular weight excluding hydrogens is 166 g/mol. The summed E-state index contributed by atoms with van der Waals surface area (Å²) < 4.78 is 0. The fourth-order valence-electron chi connectivity index (χ4n) is 1.09. The van der Waals surface area contributed by atoms with Gasteiger partial charge in [0.15, 0.2) is 0 Å². The predicted molar refractivity (Wildman–Crippen MR) is 51.9 cm³/mol. The summed E-state index contributed by atoms with van der Waals surface area (Å²) in [5.74, 6) is 0.261. The summed E-state index contributed by atoms with van der Waals surface area (Å²) in [6, 6.07) is 6.90. The van der Waals surface area contributed by atoms with E-state index in [1.807, 2.05) is 19.1 Å². The molecule has 1 N–H and O–H groups in total. The van der Waals surface area contributed by atoms with E-state index in [1.54, 1.807) is 12.1 Å². The molecule has 0 spiro atoms. The number of rotatable bonds is 3. The Morgan fingerprint density at radius 1 is 1.38 bits per heavy atom. The number of phenols is 1. The summed E-state index contributed by atoms with van der Waals surface area (Å²) in [5.41, 5.74) is 1.85. The number of benzene rings is 1. The van der Waals surface area contributed by atoms with Gasteiger partial charge in [0.25, 0.3) is 0 Å². The van der Waals surface area contributed by atoms with Gasteiger partial charge in [0, 0.05) is 0 Å². The van der Waals surface area contributed by atoms with Gasteiger partial charge in [-0.3, -0.25) is 0 Å². The lowest BCUT2D eigenvalue weighted by atomic mass is 10.1. The van der Waals surface area contributed by atoms with Crippen LogP contribution in [0.2, 0.25) is 0 Å². The molecule has 0 unspecified atom stereocenters. The highest BCUT2D eigenvalue weighted by atomic mass is 16.6. The summed E-state index contributed by atoms with van der Waals surface area (Å²) in [4.78, 5) is 4.70. The Labute approximate surface area is 77.6 Å². The Morgan fingerprint density at radius 2 is 2.00 bits per heavy atom. The molecule has 0 aliphatic rings. The third-order valence-electron chi connectivity index (χ3n) is 1.74. The van der Waals surface area contributed by atoms with Crippen LogP contribution in [0.15, 0.2) is 29.4 Å². The topological polar surface area (TPSA) is 41.8 Å². The summed E-state index contributed by atoms with van der Waals surface area (Å²) in [6.07, 6.45) is 0.804. The van der Waals surface area contributed by atoms with Crippen LogP contribution in [0.25, 0.3) is 0 Å². The van der Waals surface area contributed by atoms with Crippen LogP contribution in [0, 0.1) is 0 Å². The van der Waals surface area contributed by atoms with Gasteiger partial charge in [-0.15, -0.1) is 0 Å². The molecule has 0 bridgehead atoms. The van der Waals surface area contributed by atoms with E-state index < -0.39 is 0 Å². The van der Waals surface area contributed by atoms with Crippen LogP contribution in [0.3, 0.4) is 0 Å². The second kappa shape index (κ2) is 4.50. The zero-order valence-corrected chi connectivity index (χ0v) is 7.82. The normalized spacial score (nSPS) is 11.4. The van der Waals surface area contributed by atoms with Crippen LogP contribution in [0.1, 0.15) is 18.9 Å². The highest BCUT2D eigenvalue weighted by Gasteiger charge is 2.00. The number of nitrogens with zero attached hydrogens (tertiary/aromatic N) is 1. The molecule has 0 amide bonds. The summed E-state index contributed by atoms with van der Waals surface area (Å²) >= 11 is 0. The first-order valence-corrected chi connectivity index (χ1v) is 4.17. The maximum absolute atomic E-state index is 9.07. The minimum absolute atomic E-state index is 0.261. The molecule has 0 fully saturated rings. The average Bonchev–Trinajstić information content (AvgIpc) is 2.16. The van der Waals surface area contributed by atoms with Crippen molar-refractivity contribution in [3.63, 3.8) is 0 Å². The molecule has 0 aliphatic carbocycles. The maximum Gasteiger partial charge on any atom is 0.115 e. The minimum atomic E-state index is 0.261. The van der Waals surface area contributed by atoms with E-state index >= 15 is 0 Å². The van der Waals surface area contributed by atoms with Crippen molar-refractivity contribution in [3.8, 4) is 5.75 Å². The Morgan fingerprint density at radius 3 is 2.46 bits per heavy atom. The third-order valence-corrected chi connectivity index (χ3v) is 1.74. The van der Waals surface area contributed by atoms with Gasteiger partial charge >= 0.3 is 0 Å². The number of phenolic OH excluding ortho intramolecular Hbond substituents is 1. The lowest BCUT2D eigenvalue weighted by Crippen LogP contribution is -1.98. The number of oxime groups is 1. The smallest absolute Gasteiger partial charge is 0.115 e. The molecule has 0 heterocycles. The van der Waals surface area contributed by atoms with Crippen molar-refractivity contribution in [1.29, 1.82) is 0 Å². The first-order chi connectivity index (χ1) is 6.27. The molecule has 1 aromatic carbocycles. The second-order valence-corrected chi connectivity index (χ2v) is 2.62. The van der Waals surface area contributed by atoms with Gasteiger partial charge in [0.05, 0.1) is 5.71 Å². The average molecular weight is 179 g/mol. The molecule has 0 saturated heterocycles. The molecule has 13 heavy (non-hydrogen) atoms. The highest BCUT2D eigenvalue weighted by molar-refractivity contribution is 6.00. The summed E-state index contributed by atoms with van der Waals surface area (Å²) in [5, 5.41) is 12.9. The van der Waals surface area contributed by atoms with Crippen molar-refractivity contribution >= 4 is 5.71 Å². The van der Waals surface area contributed by atoms with Gasteiger partial charge in [-0.25, -0.2) is 0 Å². The Bertz CT molecular complexity index is 290. The van der Waals surface area contributed by atoms with E-state index in [9.17, 15) is 0 Å². The largest absolute Gasteiger partial charge is 0.508 e. The Hall–Kier alpha value is -1.51. The lowest BCUT2D eigenvalue weighted by molar-refractivity contribution is 0.213. The molecule has 3 heteroatoms. The van der Waals surface area contributed by atoms with Crippen LogP contribution in [-0.4, -0.2) is 17.9 Å². The van der Waals surface area contributed by atoms with Gasteiger partial charge in [-0.1, -0.05) is 12.1 Å². The van der Waals surface area contributed by atoms with Gasteiger partial charge in [0.1, 0.15) is 12.9 Å². The van der Waals surface area contributed by atoms with Crippen molar-refractivity contribution in [2.45, 2.75) is 13.3 Å². The van der Waals surface area contributed by atoms with Gasteiger partial charge in [-0.05, 0) is 36.2 Å². The molecule has 0 aliphatic heterocycles. The fraction of sp³-hybridized carbons (Fsp3) is 0.300. The van der Waals surface area contributed by atoms with Crippen LogP contribution < -0.4 is 0 Å².